The lowest BCUT2D eigenvalue weighted by Crippen LogP contribution is -2.33. The fraction of sp³-hybridized carbons (Fsp3) is 0.600. The van der Waals surface area contributed by atoms with Gasteiger partial charge in [0.2, 0.25) is 0 Å². The Bertz CT molecular complexity index is 363. The molecule has 2 heterocycles. The fourth-order valence-corrected chi connectivity index (χ4v) is 2.77. The predicted molar refractivity (Wildman–Crippen MR) is 67.8 cm³/mol. The summed E-state index contributed by atoms with van der Waals surface area (Å²) in [7, 11) is 0. The first-order valence-electron chi connectivity index (χ1n) is 5.37. The molecule has 0 aromatic carbocycles. The van der Waals surface area contributed by atoms with E-state index < -0.39 is 0 Å². The van der Waals surface area contributed by atoms with Crippen molar-refractivity contribution in [3.8, 4) is 0 Å². The molecule has 1 amide bonds. The van der Waals surface area contributed by atoms with E-state index in [1.165, 1.54) is 24.2 Å². The van der Waals surface area contributed by atoms with Crippen LogP contribution in [-0.2, 0) is 0 Å². The van der Waals surface area contributed by atoms with Crippen molar-refractivity contribution in [2.45, 2.75) is 12.8 Å². The molecule has 1 aliphatic heterocycles. The highest BCUT2D eigenvalue weighted by Gasteiger charge is 2.12. The van der Waals surface area contributed by atoms with Crippen molar-refractivity contribution < 1.29 is 4.79 Å². The molecular weight excluding hydrogens is 290 g/mol. The minimum absolute atomic E-state index is 0.0823. The minimum atomic E-state index is -0.0823. The molecule has 0 bridgehead atoms. The van der Waals surface area contributed by atoms with Crippen LogP contribution in [0.25, 0.3) is 0 Å². The summed E-state index contributed by atoms with van der Waals surface area (Å²) in [6.45, 7) is 3.97. The Hall–Kier alpha value is -0.460. The summed E-state index contributed by atoms with van der Waals surface area (Å²) in [5.41, 5.74) is 0.498. The van der Waals surface area contributed by atoms with Gasteiger partial charge in [-0.05, 0) is 41.9 Å². The molecule has 1 aromatic heterocycles. The van der Waals surface area contributed by atoms with Gasteiger partial charge in [0.05, 0.1) is 0 Å². The molecule has 88 valence electrons. The Morgan fingerprint density at radius 2 is 2.31 bits per heavy atom. The van der Waals surface area contributed by atoms with Gasteiger partial charge >= 0.3 is 0 Å². The van der Waals surface area contributed by atoms with E-state index in [1.54, 1.807) is 5.38 Å². The highest BCUT2D eigenvalue weighted by molar-refractivity contribution is 9.11. The van der Waals surface area contributed by atoms with Gasteiger partial charge in [0, 0.05) is 18.5 Å². The zero-order valence-electron chi connectivity index (χ0n) is 8.91. The molecule has 0 aliphatic carbocycles. The fourth-order valence-electron chi connectivity index (χ4n) is 1.78. The lowest BCUT2D eigenvalue weighted by atomic mass is 10.4. The molecule has 1 fully saturated rings. The van der Waals surface area contributed by atoms with Crippen molar-refractivity contribution in [3.05, 3.63) is 15.0 Å². The summed E-state index contributed by atoms with van der Waals surface area (Å²) in [4.78, 5) is 18.1. The topological polar surface area (TPSA) is 45.2 Å². The van der Waals surface area contributed by atoms with Crippen LogP contribution < -0.4 is 5.32 Å². The van der Waals surface area contributed by atoms with E-state index in [-0.39, 0.29) is 5.91 Å². The summed E-state index contributed by atoms with van der Waals surface area (Å²) >= 11 is 4.67. The molecule has 0 radical (unpaired) electrons. The molecule has 1 saturated heterocycles. The number of aromatic nitrogens is 1. The van der Waals surface area contributed by atoms with E-state index in [9.17, 15) is 4.79 Å². The average molecular weight is 304 g/mol. The van der Waals surface area contributed by atoms with Crippen LogP contribution in [-0.4, -0.2) is 42.0 Å². The second-order valence-corrected chi connectivity index (χ2v) is 5.92. The van der Waals surface area contributed by atoms with Crippen LogP contribution in [0.15, 0.2) is 9.30 Å². The van der Waals surface area contributed by atoms with Crippen molar-refractivity contribution >= 4 is 33.2 Å². The first kappa shape index (κ1) is 12.0. The Kier molecular flexibility index (Phi) is 4.31. The van der Waals surface area contributed by atoms with Gasteiger partial charge in [-0.3, -0.25) is 4.79 Å². The number of carbonyl (C=O) groups is 1. The number of hydrogen-bond donors (Lipinski definition) is 1. The van der Waals surface area contributed by atoms with E-state index in [0.717, 1.165) is 23.6 Å². The summed E-state index contributed by atoms with van der Waals surface area (Å²) in [5, 5.41) is 4.64. The SMILES string of the molecule is O=C(NCCN1CCCC1)c1csc(Br)n1. The van der Waals surface area contributed by atoms with Gasteiger partial charge in [0.25, 0.3) is 5.91 Å². The maximum Gasteiger partial charge on any atom is 0.270 e. The van der Waals surface area contributed by atoms with Gasteiger partial charge in [-0.15, -0.1) is 11.3 Å². The van der Waals surface area contributed by atoms with Gasteiger partial charge < -0.3 is 10.2 Å². The van der Waals surface area contributed by atoms with Crippen molar-refractivity contribution in [3.63, 3.8) is 0 Å². The summed E-state index contributed by atoms with van der Waals surface area (Å²) in [6, 6.07) is 0. The van der Waals surface area contributed by atoms with Gasteiger partial charge in [0.15, 0.2) is 3.92 Å². The van der Waals surface area contributed by atoms with E-state index in [1.807, 2.05) is 0 Å². The third-order valence-electron chi connectivity index (χ3n) is 2.62. The molecule has 1 N–H and O–H groups in total. The molecule has 6 heteroatoms. The largest absolute Gasteiger partial charge is 0.349 e. The number of halogens is 1. The van der Waals surface area contributed by atoms with E-state index >= 15 is 0 Å². The summed E-state index contributed by atoms with van der Waals surface area (Å²) < 4.78 is 0.747. The van der Waals surface area contributed by atoms with Gasteiger partial charge in [-0.2, -0.15) is 0 Å². The van der Waals surface area contributed by atoms with Gasteiger partial charge in [-0.25, -0.2) is 4.98 Å². The molecule has 16 heavy (non-hydrogen) atoms. The maximum absolute atomic E-state index is 11.6. The average Bonchev–Trinajstić information content (AvgIpc) is 2.89. The van der Waals surface area contributed by atoms with Crippen LogP contribution in [0.2, 0.25) is 0 Å². The van der Waals surface area contributed by atoms with Crippen molar-refractivity contribution in [1.82, 2.24) is 15.2 Å². The third-order valence-corrected chi connectivity index (χ3v) is 3.99. The Labute approximate surface area is 107 Å². The molecular formula is C10H14BrN3OS. The first-order valence-corrected chi connectivity index (χ1v) is 7.04. The normalized spacial score (nSPS) is 16.6. The lowest BCUT2D eigenvalue weighted by molar-refractivity contribution is 0.0945. The summed E-state index contributed by atoms with van der Waals surface area (Å²) in [6.07, 6.45) is 2.57. The zero-order valence-corrected chi connectivity index (χ0v) is 11.3. The first-order chi connectivity index (χ1) is 7.75. The van der Waals surface area contributed by atoms with E-state index in [0.29, 0.717) is 12.2 Å². The lowest BCUT2D eigenvalue weighted by Gasteiger charge is -2.14. The van der Waals surface area contributed by atoms with Gasteiger partial charge in [-0.1, -0.05) is 0 Å². The Morgan fingerprint density at radius 1 is 1.56 bits per heavy atom. The molecule has 0 saturated carbocycles. The number of nitrogens with one attached hydrogen (secondary N) is 1. The maximum atomic E-state index is 11.6. The van der Waals surface area contributed by atoms with Crippen LogP contribution >= 0.6 is 27.3 Å². The van der Waals surface area contributed by atoms with Crippen LogP contribution in [0.3, 0.4) is 0 Å². The Morgan fingerprint density at radius 3 is 2.94 bits per heavy atom. The van der Waals surface area contributed by atoms with Crippen LogP contribution in [0.4, 0.5) is 0 Å². The quantitative estimate of drug-likeness (QED) is 0.921. The van der Waals surface area contributed by atoms with Crippen LogP contribution in [0.5, 0.6) is 0 Å². The molecule has 4 nitrogen and oxygen atoms in total. The van der Waals surface area contributed by atoms with Gasteiger partial charge in [0.1, 0.15) is 5.69 Å². The van der Waals surface area contributed by atoms with Crippen molar-refractivity contribution in [1.29, 1.82) is 0 Å². The third kappa shape index (κ3) is 3.26. The zero-order chi connectivity index (χ0) is 11.4. The van der Waals surface area contributed by atoms with E-state index in [2.05, 4.69) is 31.1 Å². The standard InChI is InChI=1S/C10H14BrN3OS/c11-10-13-8(7-16-10)9(15)12-3-6-14-4-1-2-5-14/h7H,1-6H2,(H,12,15). The second-order valence-electron chi connectivity index (χ2n) is 3.79. The van der Waals surface area contributed by atoms with Crippen molar-refractivity contribution in [2.24, 2.45) is 0 Å². The number of hydrogen-bond acceptors (Lipinski definition) is 4. The molecule has 1 aliphatic rings. The highest BCUT2D eigenvalue weighted by Crippen LogP contribution is 2.15. The van der Waals surface area contributed by atoms with E-state index in [4.69, 9.17) is 0 Å². The molecule has 0 unspecified atom stereocenters. The number of likely N-dealkylation sites (tertiary alicyclic amines) is 1. The van der Waals surface area contributed by atoms with Crippen molar-refractivity contribution in [2.75, 3.05) is 26.2 Å². The number of rotatable bonds is 4. The monoisotopic (exact) mass is 303 g/mol. The highest BCUT2D eigenvalue weighted by atomic mass is 79.9. The van der Waals surface area contributed by atoms with Crippen LogP contribution in [0.1, 0.15) is 23.3 Å². The second kappa shape index (κ2) is 5.75. The Balaban J connectivity index is 1.71. The molecule has 0 spiro atoms. The van der Waals surface area contributed by atoms with Crippen LogP contribution in [0, 0.1) is 0 Å². The number of amides is 1. The summed E-state index contributed by atoms with van der Waals surface area (Å²) in [5.74, 6) is -0.0823. The molecule has 1 aromatic rings. The number of nitrogens with zero attached hydrogens (tertiary/aromatic N) is 2. The number of thiazole rings is 1. The number of carbonyl (C=O) groups excluding carboxylic acids is 1. The molecule has 0 atom stereocenters. The smallest absolute Gasteiger partial charge is 0.270 e. The predicted octanol–water partition coefficient (Wildman–Crippen LogP) is 1.73. The minimum Gasteiger partial charge on any atom is -0.349 e. The molecule has 2 rings (SSSR count).